The average Bonchev–Trinajstić information content (AvgIpc) is 2.13. The number of nitrogens with zero attached hydrogens (tertiary/aromatic N) is 2. The van der Waals surface area contributed by atoms with Crippen LogP contribution in [0.3, 0.4) is 0 Å². The Labute approximate surface area is 92.7 Å². The first-order valence-corrected chi connectivity index (χ1v) is 5.64. The van der Waals surface area contributed by atoms with Crippen LogP contribution in [0.2, 0.25) is 0 Å². The summed E-state index contributed by atoms with van der Waals surface area (Å²) in [5.41, 5.74) is -1.31. The molecule has 0 fully saturated rings. The number of hydrogen-bond donors (Lipinski definition) is 0. The van der Waals surface area contributed by atoms with E-state index in [0.29, 0.717) is 0 Å². The van der Waals surface area contributed by atoms with Gasteiger partial charge in [0.05, 0.1) is 9.85 Å². The fourth-order valence-corrected chi connectivity index (χ4v) is 3.90. The first-order chi connectivity index (χ1) is 6.59. The number of rotatable bonds is 2. The van der Waals surface area contributed by atoms with Gasteiger partial charge in [0.2, 0.25) is 4.33 Å². The minimum atomic E-state index is -4.41. The van der Waals surface area contributed by atoms with Gasteiger partial charge in [-0.05, 0) is 0 Å². The van der Waals surface area contributed by atoms with Crippen molar-refractivity contribution in [2.75, 3.05) is 5.75 Å². The molecule has 0 aliphatic carbocycles. The van der Waals surface area contributed by atoms with E-state index in [1.807, 2.05) is 0 Å². The van der Waals surface area contributed by atoms with E-state index in [1.165, 1.54) is 0 Å². The molecule has 0 bridgehead atoms. The zero-order valence-electron chi connectivity index (χ0n) is 6.72. The van der Waals surface area contributed by atoms with Crippen molar-refractivity contribution in [1.82, 2.24) is 0 Å². The maximum Gasteiger partial charge on any atom is 0.434 e. The number of hydrogen-bond acceptors (Lipinski definition) is 6. The Hall–Kier alpha value is -0.930. The Bertz CT molecular complexity index is 479. The van der Waals surface area contributed by atoms with Crippen molar-refractivity contribution in [3.05, 3.63) is 31.0 Å². The van der Waals surface area contributed by atoms with Gasteiger partial charge >= 0.3 is 10.7 Å². The number of halogens is 2. The highest BCUT2D eigenvalue weighted by atomic mass is 35.5. The number of allylic oxidation sites excluding steroid dienone is 1. The second kappa shape index (κ2) is 3.29. The third-order valence-electron chi connectivity index (χ3n) is 1.56. The summed E-state index contributed by atoms with van der Waals surface area (Å²) in [6, 6.07) is 0. The van der Waals surface area contributed by atoms with Crippen molar-refractivity contribution in [3.8, 4) is 0 Å². The molecule has 0 saturated heterocycles. The molecule has 0 aromatic rings. The molecule has 0 saturated carbocycles. The van der Waals surface area contributed by atoms with Crippen LogP contribution in [0.1, 0.15) is 0 Å². The van der Waals surface area contributed by atoms with Gasteiger partial charge in [-0.2, -0.15) is 0 Å². The third kappa shape index (κ3) is 1.90. The maximum absolute atomic E-state index is 11.2. The van der Waals surface area contributed by atoms with Gasteiger partial charge < -0.3 is 0 Å². The van der Waals surface area contributed by atoms with Crippen LogP contribution in [0.15, 0.2) is 10.7 Å². The van der Waals surface area contributed by atoms with Crippen LogP contribution in [-0.4, -0.2) is 28.4 Å². The first-order valence-electron chi connectivity index (χ1n) is 3.24. The van der Waals surface area contributed by atoms with Crippen molar-refractivity contribution in [2.24, 2.45) is 0 Å². The molecule has 11 heteroatoms. The van der Waals surface area contributed by atoms with Crippen LogP contribution in [0, 0.1) is 20.2 Å². The summed E-state index contributed by atoms with van der Waals surface area (Å²) in [6.07, 6.45) is 0. The largest absolute Gasteiger partial charge is 0.434 e. The summed E-state index contributed by atoms with van der Waals surface area (Å²) < 4.78 is 19.9. The van der Waals surface area contributed by atoms with E-state index in [4.69, 9.17) is 23.2 Å². The Balaban J connectivity index is 3.62. The molecule has 1 aliphatic heterocycles. The molecule has 15 heavy (non-hydrogen) atoms. The highest BCUT2D eigenvalue weighted by Gasteiger charge is 2.62. The highest BCUT2D eigenvalue weighted by molar-refractivity contribution is 7.95. The summed E-state index contributed by atoms with van der Waals surface area (Å²) in [7, 11) is -4.41. The minimum Gasteiger partial charge on any atom is -0.258 e. The van der Waals surface area contributed by atoms with E-state index < -0.39 is 40.5 Å². The molecule has 8 nitrogen and oxygen atoms in total. The summed E-state index contributed by atoms with van der Waals surface area (Å²) >= 11 is 10.7. The van der Waals surface area contributed by atoms with E-state index in [1.54, 1.807) is 0 Å². The van der Waals surface area contributed by atoms with Gasteiger partial charge in [-0.3, -0.25) is 20.2 Å². The molecule has 1 heterocycles. The summed E-state index contributed by atoms with van der Waals surface area (Å²) in [4.78, 5) is 18.2. The molecule has 0 N–H and O–H groups in total. The van der Waals surface area contributed by atoms with Gasteiger partial charge in [-0.1, -0.05) is 23.2 Å². The predicted molar refractivity (Wildman–Crippen MR) is 49.2 cm³/mol. The van der Waals surface area contributed by atoms with Gasteiger partial charge in [0, 0.05) is 0 Å². The second-order valence-corrected chi connectivity index (χ2v) is 6.02. The van der Waals surface area contributed by atoms with Crippen LogP contribution in [0.4, 0.5) is 0 Å². The number of alkyl halides is 2. The van der Waals surface area contributed by atoms with Gasteiger partial charge in [0.1, 0.15) is 5.75 Å². The Morgan fingerprint density at radius 1 is 1.20 bits per heavy atom. The maximum atomic E-state index is 11.2. The molecule has 84 valence electrons. The standard InChI is InChI=1S/C4H2Cl2N2O6S/c5-4(6)1-15(13,14)3(8(11)12)2(4)7(9)10/h1H2. The smallest absolute Gasteiger partial charge is 0.258 e. The Morgan fingerprint density at radius 2 is 1.67 bits per heavy atom. The van der Waals surface area contributed by atoms with E-state index in [2.05, 4.69) is 0 Å². The quantitative estimate of drug-likeness (QED) is 0.407. The number of nitro groups is 2. The molecule has 0 radical (unpaired) electrons. The molecule has 1 aliphatic rings. The lowest BCUT2D eigenvalue weighted by Gasteiger charge is -2.04. The summed E-state index contributed by atoms with van der Waals surface area (Å²) in [5, 5.41) is 19.3. The van der Waals surface area contributed by atoms with Crippen LogP contribution in [-0.2, 0) is 9.84 Å². The predicted octanol–water partition coefficient (Wildman–Crippen LogP) is 0.311. The number of sulfone groups is 1. The van der Waals surface area contributed by atoms with E-state index in [-0.39, 0.29) is 0 Å². The lowest BCUT2D eigenvalue weighted by Crippen LogP contribution is -2.23. The van der Waals surface area contributed by atoms with Crippen LogP contribution in [0.25, 0.3) is 0 Å². The van der Waals surface area contributed by atoms with Gasteiger partial charge in [0.15, 0.2) is 0 Å². The zero-order valence-corrected chi connectivity index (χ0v) is 9.04. The van der Waals surface area contributed by atoms with Gasteiger partial charge in [-0.25, -0.2) is 8.42 Å². The molecule has 1 rings (SSSR count). The lowest BCUT2D eigenvalue weighted by molar-refractivity contribution is -0.463. The van der Waals surface area contributed by atoms with Crippen molar-refractivity contribution in [3.63, 3.8) is 0 Å². The molecule has 0 spiro atoms. The van der Waals surface area contributed by atoms with Crippen molar-refractivity contribution in [2.45, 2.75) is 4.33 Å². The van der Waals surface area contributed by atoms with Crippen molar-refractivity contribution >= 4 is 33.0 Å². The van der Waals surface area contributed by atoms with E-state index in [0.717, 1.165) is 0 Å². The second-order valence-electron chi connectivity index (χ2n) is 2.63. The van der Waals surface area contributed by atoms with Crippen molar-refractivity contribution in [1.29, 1.82) is 0 Å². The molecular weight excluding hydrogens is 275 g/mol. The Morgan fingerprint density at radius 3 is 1.93 bits per heavy atom. The molecular formula is C4H2Cl2N2O6S. The molecule has 0 amide bonds. The fraction of sp³-hybridized carbons (Fsp3) is 0.500. The molecule has 0 unspecified atom stereocenters. The average molecular weight is 277 g/mol. The Kier molecular flexibility index (Phi) is 2.66. The summed E-state index contributed by atoms with van der Waals surface area (Å²) in [6.45, 7) is 0. The topological polar surface area (TPSA) is 120 Å². The van der Waals surface area contributed by atoms with Gasteiger partial charge in [-0.15, -0.1) is 0 Å². The molecule has 0 aromatic carbocycles. The molecule has 0 aromatic heterocycles. The van der Waals surface area contributed by atoms with E-state index in [9.17, 15) is 28.6 Å². The van der Waals surface area contributed by atoms with Gasteiger partial charge in [0.25, 0.3) is 9.84 Å². The van der Waals surface area contributed by atoms with Crippen LogP contribution >= 0.6 is 23.2 Å². The van der Waals surface area contributed by atoms with E-state index >= 15 is 0 Å². The SMILES string of the molecule is O=[N+]([O-])C1=C([N+](=O)[O-])S(=O)(=O)CC1(Cl)Cl. The summed E-state index contributed by atoms with van der Waals surface area (Å²) in [5.74, 6) is -1.07. The third-order valence-corrected chi connectivity index (χ3v) is 4.25. The minimum absolute atomic E-state index is 1.07. The molecule has 0 atom stereocenters. The van der Waals surface area contributed by atoms with Crippen molar-refractivity contribution < 1.29 is 18.3 Å². The normalized spacial score (nSPS) is 22.8. The zero-order chi connectivity index (χ0) is 12.0. The fourth-order valence-electron chi connectivity index (χ4n) is 1.09. The first kappa shape index (κ1) is 12.1. The van der Waals surface area contributed by atoms with Crippen LogP contribution in [0.5, 0.6) is 0 Å². The lowest BCUT2D eigenvalue weighted by atomic mass is 10.3. The highest BCUT2D eigenvalue weighted by Crippen LogP contribution is 2.42. The van der Waals surface area contributed by atoms with Crippen LogP contribution < -0.4 is 0 Å². The monoisotopic (exact) mass is 276 g/mol.